The highest BCUT2D eigenvalue weighted by atomic mass is 16.7. The van der Waals surface area contributed by atoms with Crippen LogP contribution in [0.1, 0.15) is 0 Å². The Bertz CT molecular complexity index is 510. The fourth-order valence-electron chi connectivity index (χ4n) is 3.09. The zero-order chi connectivity index (χ0) is 21.0. The van der Waals surface area contributed by atoms with Crippen molar-refractivity contribution < 1.29 is 54.5 Å². The Morgan fingerprint density at radius 1 is 0.857 bits per heavy atom. The van der Waals surface area contributed by atoms with Gasteiger partial charge in [-0.05, 0) is 0 Å². The van der Waals surface area contributed by atoms with Gasteiger partial charge in [-0.15, -0.1) is 0 Å². The summed E-state index contributed by atoms with van der Waals surface area (Å²) in [6.07, 6.45) is -12.8. The molecule has 0 spiro atoms. The second kappa shape index (κ2) is 10.2. The molecule has 13 nitrogen and oxygen atoms in total. The third-order valence-electron chi connectivity index (χ3n) is 4.72. The summed E-state index contributed by atoms with van der Waals surface area (Å²) < 4.78 is 15.9. The van der Waals surface area contributed by atoms with Gasteiger partial charge in [-0.25, -0.2) is 0 Å². The molecule has 2 rings (SSSR count). The van der Waals surface area contributed by atoms with Crippen molar-refractivity contribution in [3.05, 3.63) is 0 Å². The molecule has 0 unspecified atom stereocenters. The van der Waals surface area contributed by atoms with Gasteiger partial charge < -0.3 is 49.7 Å². The summed E-state index contributed by atoms with van der Waals surface area (Å²) in [5.74, 6) is 0. The molecule has 0 aromatic carbocycles. The number of methoxy groups -OCH3 is 1. The molecule has 2 saturated heterocycles. The number of hydrogen-bond donors (Lipinski definition) is 6. The Labute approximate surface area is 161 Å². The normalized spacial score (nSPS) is 44.9. The van der Waals surface area contributed by atoms with Crippen molar-refractivity contribution in [1.29, 1.82) is 0 Å². The summed E-state index contributed by atoms with van der Waals surface area (Å²) in [6.45, 7) is -0.250. The van der Waals surface area contributed by atoms with Crippen molar-refractivity contribution in [2.45, 2.75) is 61.3 Å². The van der Waals surface area contributed by atoms with Crippen molar-refractivity contribution in [3.63, 3.8) is 0 Å². The molecular weight excluding hydrogens is 384 g/mol. The van der Waals surface area contributed by atoms with E-state index in [1.165, 1.54) is 21.3 Å². The van der Waals surface area contributed by atoms with E-state index in [0.717, 1.165) is 11.3 Å². The van der Waals surface area contributed by atoms with Crippen LogP contribution in [0.2, 0.25) is 0 Å². The number of rotatable bonds is 7. The number of oxime groups is 1. The van der Waals surface area contributed by atoms with Gasteiger partial charge in [0.05, 0.1) is 19.9 Å². The Morgan fingerprint density at radius 3 is 2.07 bits per heavy atom. The van der Waals surface area contributed by atoms with Crippen LogP contribution in [-0.4, -0.2) is 131 Å². The molecule has 0 saturated carbocycles. The lowest BCUT2D eigenvalue weighted by atomic mass is 9.97. The lowest BCUT2D eigenvalue weighted by Crippen LogP contribution is -2.65. The Morgan fingerprint density at radius 2 is 1.50 bits per heavy atom. The van der Waals surface area contributed by atoms with Crippen LogP contribution in [0.3, 0.4) is 0 Å². The van der Waals surface area contributed by atoms with Gasteiger partial charge in [-0.2, -0.15) is 5.06 Å². The van der Waals surface area contributed by atoms with Crippen LogP contribution < -0.4 is 0 Å². The molecule has 2 aliphatic heterocycles. The first-order valence-corrected chi connectivity index (χ1v) is 8.56. The van der Waals surface area contributed by atoms with Crippen LogP contribution in [0.5, 0.6) is 0 Å². The third-order valence-corrected chi connectivity index (χ3v) is 4.72. The van der Waals surface area contributed by atoms with Gasteiger partial charge in [0.1, 0.15) is 55.9 Å². The summed E-state index contributed by atoms with van der Waals surface area (Å²) in [7, 11) is 3.79. The fraction of sp³-hybridized carbons (Fsp3) is 0.933. The first kappa shape index (κ1) is 23.3. The van der Waals surface area contributed by atoms with E-state index in [4.69, 9.17) is 19.0 Å². The molecule has 10 atom stereocenters. The van der Waals surface area contributed by atoms with Crippen molar-refractivity contribution in [1.82, 2.24) is 5.06 Å². The van der Waals surface area contributed by atoms with E-state index < -0.39 is 61.3 Å². The molecule has 6 N–H and O–H groups in total. The van der Waals surface area contributed by atoms with E-state index in [2.05, 4.69) is 9.99 Å². The highest BCUT2D eigenvalue weighted by Crippen LogP contribution is 2.27. The summed E-state index contributed by atoms with van der Waals surface area (Å²) in [4.78, 5) is 9.71. The maximum atomic E-state index is 10.3. The van der Waals surface area contributed by atoms with Crippen molar-refractivity contribution in [2.75, 3.05) is 27.9 Å². The summed E-state index contributed by atoms with van der Waals surface area (Å²) in [5.41, 5.74) is 0. The maximum Gasteiger partial charge on any atom is 0.186 e. The highest BCUT2D eigenvalue weighted by molar-refractivity contribution is 5.63. The molecular formula is C15H28N2O11. The van der Waals surface area contributed by atoms with E-state index >= 15 is 0 Å². The molecule has 28 heavy (non-hydrogen) atoms. The first-order chi connectivity index (χ1) is 13.3. The highest BCUT2D eigenvalue weighted by Gasteiger charge is 2.49. The SMILES string of the molecule is CO/N=C/[C@H]1O[C@@H](N(C[C@H]2O[C@H](OC)[C@H](O)[C@@H](O)[C@@H]2O)OC)[C@H](O)[C@@H](O)[C@@H]1O. The molecule has 0 aromatic heterocycles. The largest absolute Gasteiger partial charge is 0.399 e. The second-order valence-electron chi connectivity index (χ2n) is 6.43. The van der Waals surface area contributed by atoms with E-state index in [1.807, 2.05) is 0 Å². The van der Waals surface area contributed by atoms with Gasteiger partial charge >= 0.3 is 0 Å². The predicted octanol–water partition coefficient (Wildman–Crippen LogP) is -4.26. The van der Waals surface area contributed by atoms with E-state index in [-0.39, 0.29) is 6.54 Å². The van der Waals surface area contributed by atoms with Crippen LogP contribution in [0.4, 0.5) is 0 Å². The van der Waals surface area contributed by atoms with Crippen LogP contribution >= 0.6 is 0 Å². The summed E-state index contributed by atoms with van der Waals surface area (Å²) in [5, 5.41) is 65.0. The Balaban J connectivity index is 2.15. The Kier molecular flexibility index (Phi) is 8.47. The van der Waals surface area contributed by atoms with Crippen molar-refractivity contribution in [2.24, 2.45) is 5.16 Å². The molecule has 164 valence electrons. The van der Waals surface area contributed by atoms with E-state index in [1.54, 1.807) is 0 Å². The second-order valence-corrected chi connectivity index (χ2v) is 6.43. The van der Waals surface area contributed by atoms with Gasteiger partial charge in [0.25, 0.3) is 0 Å². The van der Waals surface area contributed by atoms with Gasteiger partial charge in [0.2, 0.25) is 0 Å². The van der Waals surface area contributed by atoms with Crippen LogP contribution in [-0.2, 0) is 23.9 Å². The molecule has 2 aliphatic rings. The van der Waals surface area contributed by atoms with Crippen LogP contribution in [0, 0.1) is 0 Å². The zero-order valence-electron chi connectivity index (χ0n) is 15.7. The zero-order valence-corrected chi connectivity index (χ0v) is 15.7. The third kappa shape index (κ3) is 4.77. The summed E-state index contributed by atoms with van der Waals surface area (Å²) >= 11 is 0. The summed E-state index contributed by atoms with van der Waals surface area (Å²) in [6, 6.07) is 0. The van der Waals surface area contributed by atoms with E-state index in [0.29, 0.717) is 0 Å². The maximum absolute atomic E-state index is 10.3. The monoisotopic (exact) mass is 412 g/mol. The van der Waals surface area contributed by atoms with Crippen LogP contribution in [0.25, 0.3) is 0 Å². The first-order valence-electron chi connectivity index (χ1n) is 8.56. The molecule has 0 aromatic rings. The minimum absolute atomic E-state index is 0.250. The molecule has 13 heteroatoms. The van der Waals surface area contributed by atoms with Gasteiger partial charge in [0.15, 0.2) is 12.5 Å². The molecule has 0 radical (unpaired) electrons. The van der Waals surface area contributed by atoms with Crippen molar-refractivity contribution in [3.8, 4) is 0 Å². The quantitative estimate of drug-likeness (QED) is 0.175. The average Bonchev–Trinajstić information content (AvgIpc) is 2.70. The molecule has 0 aliphatic carbocycles. The smallest absolute Gasteiger partial charge is 0.186 e. The van der Waals surface area contributed by atoms with Gasteiger partial charge in [-0.1, -0.05) is 5.16 Å². The Hall–Kier alpha value is -0.970. The molecule has 0 amide bonds. The number of hydroxylamine groups is 2. The number of nitrogens with zero attached hydrogens (tertiary/aromatic N) is 2. The average molecular weight is 412 g/mol. The topological polar surface area (TPSA) is 183 Å². The molecule has 2 heterocycles. The predicted molar refractivity (Wildman–Crippen MR) is 89.6 cm³/mol. The van der Waals surface area contributed by atoms with Crippen LogP contribution in [0.15, 0.2) is 5.16 Å². The minimum atomic E-state index is -1.60. The number of hydrogen-bond acceptors (Lipinski definition) is 13. The van der Waals surface area contributed by atoms with Gasteiger partial charge in [0, 0.05) is 7.11 Å². The van der Waals surface area contributed by atoms with Crippen molar-refractivity contribution >= 4 is 6.21 Å². The van der Waals surface area contributed by atoms with Gasteiger partial charge in [-0.3, -0.25) is 4.84 Å². The standard InChI is InChI=1S/C15H28N2O11/c1-24-15-13(23)11(21)9(19)7(28-15)5-17(26-3)14-12(22)10(20)8(18)6(27-14)4-16-25-2/h4,6-15,18-23H,5H2,1-3H3/b16-4+/t6-,7-,8-,9-,10+,11+,12-,13-,14-,15+/m1/s1. The minimum Gasteiger partial charge on any atom is -0.399 e. The fourth-order valence-corrected chi connectivity index (χ4v) is 3.09. The van der Waals surface area contributed by atoms with E-state index in [9.17, 15) is 30.6 Å². The molecule has 0 bridgehead atoms. The number of ether oxygens (including phenoxy) is 3. The molecule has 2 fully saturated rings. The number of aliphatic hydroxyl groups excluding tert-OH is 6. The lowest BCUT2D eigenvalue weighted by molar-refractivity contribution is -0.340. The number of aliphatic hydroxyl groups is 6. The lowest BCUT2D eigenvalue weighted by Gasteiger charge is -2.45.